The molecule has 0 radical (unpaired) electrons. The van der Waals surface area contributed by atoms with Gasteiger partial charge in [-0.05, 0) is 25.7 Å². The van der Waals surface area contributed by atoms with Crippen LogP contribution < -0.4 is 5.73 Å². The molecule has 1 heterocycles. The molecule has 0 aromatic carbocycles. The Hall–Kier alpha value is -0.280. The highest BCUT2D eigenvalue weighted by Crippen LogP contribution is 2.46. The zero-order chi connectivity index (χ0) is 7.90. The average Bonchev–Trinajstić information content (AvgIpc) is 1.82. The third-order valence-corrected chi connectivity index (χ3v) is 3.13. The van der Waals surface area contributed by atoms with Gasteiger partial charge in [-0.15, -0.1) is 12.4 Å². The lowest BCUT2D eigenvalue weighted by Gasteiger charge is -2.58. The molecule has 0 aromatic heterocycles. The Morgan fingerprint density at radius 3 is 2.33 bits per heavy atom. The molecule has 1 saturated carbocycles. The summed E-state index contributed by atoms with van der Waals surface area (Å²) in [5, 5.41) is 0. The van der Waals surface area contributed by atoms with Crippen molar-refractivity contribution in [3.8, 4) is 0 Å². The van der Waals surface area contributed by atoms with Gasteiger partial charge in [-0.1, -0.05) is 0 Å². The quantitative estimate of drug-likeness (QED) is 0.656. The van der Waals surface area contributed by atoms with E-state index in [0.29, 0.717) is 0 Å². The summed E-state index contributed by atoms with van der Waals surface area (Å²) in [6.07, 6.45) is 4.91. The fourth-order valence-electron chi connectivity index (χ4n) is 2.14. The summed E-state index contributed by atoms with van der Waals surface area (Å²) < 4.78 is 0. The molecule has 1 aliphatic carbocycles. The Morgan fingerprint density at radius 2 is 2.08 bits per heavy atom. The van der Waals surface area contributed by atoms with Crippen LogP contribution in [0.1, 0.15) is 25.7 Å². The van der Waals surface area contributed by atoms with Gasteiger partial charge >= 0.3 is 0 Å². The van der Waals surface area contributed by atoms with Crippen LogP contribution in [0.25, 0.3) is 0 Å². The number of likely N-dealkylation sites (tertiary alicyclic amines) is 1. The highest BCUT2D eigenvalue weighted by Gasteiger charge is 2.50. The number of nitrogens with two attached hydrogens (primary N) is 1. The molecule has 1 spiro atoms. The van der Waals surface area contributed by atoms with Crippen LogP contribution in [-0.4, -0.2) is 29.4 Å². The van der Waals surface area contributed by atoms with E-state index in [0.717, 1.165) is 6.54 Å². The summed E-state index contributed by atoms with van der Waals surface area (Å²) in [6.45, 7) is 1.12. The van der Waals surface area contributed by atoms with Crippen molar-refractivity contribution in [1.29, 1.82) is 0 Å². The minimum Gasteiger partial charge on any atom is -0.336 e. The van der Waals surface area contributed by atoms with Gasteiger partial charge in [-0.2, -0.15) is 0 Å². The third kappa shape index (κ3) is 1.12. The molecule has 3 nitrogen and oxygen atoms in total. The Balaban J connectivity index is 0.000000720. The van der Waals surface area contributed by atoms with E-state index in [2.05, 4.69) is 0 Å². The van der Waals surface area contributed by atoms with E-state index in [9.17, 15) is 4.79 Å². The Morgan fingerprint density at radius 1 is 1.42 bits per heavy atom. The lowest BCUT2D eigenvalue weighted by molar-refractivity contribution is -0.154. The first-order valence-corrected chi connectivity index (χ1v) is 4.29. The molecule has 1 aliphatic heterocycles. The van der Waals surface area contributed by atoms with E-state index in [-0.39, 0.29) is 30.4 Å². The number of carbonyl (C=O) groups excluding carboxylic acids is 1. The fraction of sp³-hybridized carbons (Fsp3) is 0.875. The summed E-state index contributed by atoms with van der Waals surface area (Å²) in [7, 11) is 0. The molecule has 1 saturated heterocycles. The highest BCUT2D eigenvalue weighted by molar-refractivity contribution is 5.85. The van der Waals surface area contributed by atoms with Crippen molar-refractivity contribution in [3.63, 3.8) is 0 Å². The molecule has 2 fully saturated rings. The van der Waals surface area contributed by atoms with Gasteiger partial charge < -0.3 is 10.6 Å². The number of nitrogens with zero attached hydrogens (tertiary/aromatic N) is 1. The van der Waals surface area contributed by atoms with E-state index < -0.39 is 0 Å². The summed E-state index contributed by atoms with van der Waals surface area (Å²) in [5.41, 5.74) is 5.58. The first-order chi connectivity index (χ1) is 5.28. The number of carbonyl (C=O) groups is 1. The predicted molar refractivity (Wildman–Crippen MR) is 49.2 cm³/mol. The molecule has 2 aliphatic rings. The standard InChI is InChI=1S/C8H14N2O.ClH/c9-6-7(11)10-5-4-8(10)2-1-3-8;/h1-6,9H2;1H. The van der Waals surface area contributed by atoms with E-state index in [1.807, 2.05) is 4.90 Å². The van der Waals surface area contributed by atoms with E-state index in [1.54, 1.807) is 0 Å². The van der Waals surface area contributed by atoms with Gasteiger partial charge in [-0.3, -0.25) is 4.79 Å². The summed E-state index contributed by atoms with van der Waals surface area (Å²) in [4.78, 5) is 13.2. The van der Waals surface area contributed by atoms with Crippen LogP contribution >= 0.6 is 12.4 Å². The first kappa shape index (κ1) is 9.81. The second-order valence-corrected chi connectivity index (χ2v) is 3.58. The molecule has 0 bridgehead atoms. The topological polar surface area (TPSA) is 46.3 Å². The fourth-order valence-corrected chi connectivity index (χ4v) is 2.14. The minimum absolute atomic E-state index is 0. The number of amides is 1. The summed E-state index contributed by atoms with van der Waals surface area (Å²) in [6, 6.07) is 0. The SMILES string of the molecule is Cl.NCC(=O)N1CCC12CCC2. The van der Waals surface area contributed by atoms with E-state index in [4.69, 9.17) is 5.73 Å². The summed E-state index contributed by atoms with van der Waals surface area (Å²) in [5.74, 6) is 0.135. The molecule has 0 unspecified atom stereocenters. The van der Waals surface area contributed by atoms with Crippen LogP contribution in [0.5, 0.6) is 0 Å². The zero-order valence-corrected chi connectivity index (χ0v) is 7.90. The van der Waals surface area contributed by atoms with Crippen molar-refractivity contribution < 1.29 is 4.79 Å². The first-order valence-electron chi connectivity index (χ1n) is 4.29. The number of hydrogen-bond acceptors (Lipinski definition) is 2. The van der Waals surface area contributed by atoms with Crippen molar-refractivity contribution in [3.05, 3.63) is 0 Å². The van der Waals surface area contributed by atoms with Gasteiger partial charge in [0.05, 0.1) is 6.54 Å². The summed E-state index contributed by atoms with van der Waals surface area (Å²) >= 11 is 0. The monoisotopic (exact) mass is 190 g/mol. The van der Waals surface area contributed by atoms with Gasteiger partial charge in [0.15, 0.2) is 0 Å². The van der Waals surface area contributed by atoms with Gasteiger partial charge in [0.1, 0.15) is 0 Å². The molecule has 4 heteroatoms. The number of hydrogen-bond donors (Lipinski definition) is 1. The van der Waals surface area contributed by atoms with Crippen LogP contribution in [0.4, 0.5) is 0 Å². The van der Waals surface area contributed by atoms with Crippen molar-refractivity contribution >= 4 is 18.3 Å². The lowest BCUT2D eigenvalue weighted by atomic mass is 9.68. The maximum atomic E-state index is 11.2. The van der Waals surface area contributed by atoms with Gasteiger partial charge in [0.2, 0.25) is 5.91 Å². The second kappa shape index (κ2) is 3.23. The molecule has 1 amide bonds. The average molecular weight is 191 g/mol. The van der Waals surface area contributed by atoms with Gasteiger partial charge in [-0.25, -0.2) is 0 Å². The van der Waals surface area contributed by atoms with Crippen molar-refractivity contribution in [2.24, 2.45) is 5.73 Å². The highest BCUT2D eigenvalue weighted by atomic mass is 35.5. The van der Waals surface area contributed by atoms with Crippen LogP contribution in [-0.2, 0) is 4.79 Å². The molecule has 2 N–H and O–H groups in total. The van der Waals surface area contributed by atoms with E-state index in [1.165, 1.54) is 25.7 Å². The molecule has 12 heavy (non-hydrogen) atoms. The van der Waals surface area contributed by atoms with Gasteiger partial charge in [0, 0.05) is 12.1 Å². The molecule has 2 rings (SSSR count). The Bertz CT molecular complexity index is 186. The minimum atomic E-state index is 0. The largest absolute Gasteiger partial charge is 0.336 e. The second-order valence-electron chi connectivity index (χ2n) is 3.58. The Labute approximate surface area is 78.7 Å². The normalized spacial score (nSPS) is 23.9. The predicted octanol–water partition coefficient (Wildman–Crippen LogP) is 0.522. The van der Waals surface area contributed by atoms with Crippen molar-refractivity contribution in [2.45, 2.75) is 31.2 Å². The van der Waals surface area contributed by atoms with Gasteiger partial charge in [0.25, 0.3) is 0 Å². The van der Waals surface area contributed by atoms with Crippen molar-refractivity contribution in [2.75, 3.05) is 13.1 Å². The zero-order valence-electron chi connectivity index (χ0n) is 7.08. The maximum absolute atomic E-state index is 11.2. The van der Waals surface area contributed by atoms with E-state index >= 15 is 0 Å². The molecule has 0 atom stereocenters. The molecular formula is C8H15ClN2O. The van der Waals surface area contributed by atoms with Crippen LogP contribution in [0.2, 0.25) is 0 Å². The number of rotatable bonds is 1. The number of halogens is 1. The maximum Gasteiger partial charge on any atom is 0.236 e. The Kier molecular flexibility index (Phi) is 2.64. The van der Waals surface area contributed by atoms with Crippen LogP contribution in [0, 0.1) is 0 Å². The molecule has 0 aromatic rings. The third-order valence-electron chi connectivity index (χ3n) is 3.13. The molecule has 70 valence electrons. The molecular weight excluding hydrogens is 176 g/mol. The van der Waals surface area contributed by atoms with Crippen molar-refractivity contribution in [1.82, 2.24) is 4.90 Å². The smallest absolute Gasteiger partial charge is 0.236 e. The lowest BCUT2D eigenvalue weighted by Crippen LogP contribution is -2.66. The van der Waals surface area contributed by atoms with Crippen LogP contribution in [0.15, 0.2) is 0 Å². The van der Waals surface area contributed by atoms with Crippen LogP contribution in [0.3, 0.4) is 0 Å².